The Morgan fingerprint density at radius 3 is 1.97 bits per heavy atom. The molecule has 0 aliphatic heterocycles. The second-order valence-electron chi connectivity index (χ2n) is 16.6. The molecule has 0 bridgehead atoms. The van der Waals surface area contributed by atoms with Crippen molar-refractivity contribution >= 4 is 103 Å². The van der Waals surface area contributed by atoms with Crippen LogP contribution in [0.1, 0.15) is 18.4 Å². The van der Waals surface area contributed by atoms with Crippen LogP contribution < -0.4 is 0 Å². The fourth-order valence-electron chi connectivity index (χ4n) is 10.2. The van der Waals surface area contributed by atoms with Gasteiger partial charge in [-0.25, -0.2) is 4.98 Å². The summed E-state index contributed by atoms with van der Waals surface area (Å²) in [5.41, 5.74) is 11.4. The van der Waals surface area contributed by atoms with Gasteiger partial charge in [-0.3, -0.25) is 4.57 Å². The molecular weight excluding hydrogens is 803 g/mol. The minimum Gasteiger partial charge on any atom is -0.455 e. The third-order valence-electron chi connectivity index (χ3n) is 13.1. The summed E-state index contributed by atoms with van der Waals surface area (Å²) >= 11 is 1.80. The first-order valence-corrected chi connectivity index (χ1v) is 22.6. The van der Waals surface area contributed by atoms with Gasteiger partial charge in [0, 0.05) is 75.2 Å². The molecule has 0 radical (unpaired) electrons. The Morgan fingerprint density at radius 1 is 0.500 bits per heavy atom. The van der Waals surface area contributed by atoms with Gasteiger partial charge in [0.15, 0.2) is 11.6 Å². The second-order valence-corrected chi connectivity index (χ2v) is 17.7. The third kappa shape index (κ3) is 5.16. The zero-order valence-corrected chi connectivity index (χ0v) is 35.2. The molecule has 0 saturated carbocycles. The number of nitrogens with zero attached hydrogens (tertiary/aromatic N) is 5. The van der Waals surface area contributed by atoms with E-state index in [9.17, 15) is 0 Å². The molecule has 14 rings (SSSR count). The van der Waals surface area contributed by atoms with Crippen LogP contribution in [0.3, 0.4) is 0 Å². The Balaban J connectivity index is 1.08. The standard InChI is InChI=1S/C57H35N5OS/c1-3-15-34(16-4-1)37-22-13-23-43-40-30-29-36(33-48(40)63-54(37)43)61-46-25-10-7-19-38(46)41-31-32-42-39-20-8-11-26-47(39)62(53(42)52(41)61)57-59-55(35-17-5-2-6-18-35)58-56(60-57)45-24-14-28-50-51(45)44-21-9-12-27-49(44)64-50/h1-3,5-15,17-33H,4,16H2. The summed E-state index contributed by atoms with van der Waals surface area (Å²) in [5, 5.41) is 9.14. The highest BCUT2D eigenvalue weighted by Gasteiger charge is 2.25. The maximum atomic E-state index is 6.88. The molecule has 7 heteroatoms. The molecule has 0 saturated heterocycles. The molecule has 5 aromatic heterocycles. The molecule has 13 aromatic rings. The van der Waals surface area contributed by atoms with E-state index in [4.69, 9.17) is 19.4 Å². The lowest BCUT2D eigenvalue weighted by Crippen LogP contribution is -2.07. The van der Waals surface area contributed by atoms with Crippen molar-refractivity contribution in [3.8, 4) is 34.4 Å². The number of benzene rings is 8. The zero-order chi connectivity index (χ0) is 41.9. The number of hydrogen-bond donors (Lipinski definition) is 0. The predicted octanol–water partition coefficient (Wildman–Crippen LogP) is 15.4. The van der Waals surface area contributed by atoms with E-state index in [0.29, 0.717) is 17.6 Å². The average molecular weight is 838 g/mol. The predicted molar refractivity (Wildman–Crippen MR) is 266 cm³/mol. The molecule has 5 heterocycles. The first kappa shape index (κ1) is 35.5. The summed E-state index contributed by atoms with van der Waals surface area (Å²) in [4.78, 5) is 16.2. The van der Waals surface area contributed by atoms with Crippen molar-refractivity contribution < 1.29 is 4.42 Å². The smallest absolute Gasteiger partial charge is 0.238 e. The fraction of sp³-hybridized carbons (Fsp3) is 0.0351. The number of aromatic nitrogens is 5. The van der Waals surface area contributed by atoms with Crippen LogP contribution in [-0.2, 0) is 0 Å². The van der Waals surface area contributed by atoms with E-state index in [1.807, 2.05) is 18.2 Å². The molecule has 0 atom stereocenters. The summed E-state index contributed by atoms with van der Waals surface area (Å²) in [6.45, 7) is 0. The SMILES string of the molecule is C1=CCCC(c2cccc3c2oc2cc(-n4c5ccccc5c5ccc6c7ccccc7n(-c7nc(-c8ccccc8)nc(-c8cccc9sc%10ccccc%10c89)n7)c6c54)ccc23)=C1. The Labute approximate surface area is 370 Å². The van der Waals surface area contributed by atoms with Crippen LogP contribution in [0.4, 0.5) is 0 Å². The fourth-order valence-corrected chi connectivity index (χ4v) is 11.4. The highest BCUT2D eigenvalue weighted by molar-refractivity contribution is 7.25. The average Bonchev–Trinajstić information content (AvgIpc) is 4.12. The van der Waals surface area contributed by atoms with Crippen molar-refractivity contribution in [3.05, 3.63) is 194 Å². The highest BCUT2D eigenvalue weighted by atomic mass is 32.1. The van der Waals surface area contributed by atoms with E-state index in [1.165, 1.54) is 20.4 Å². The van der Waals surface area contributed by atoms with Gasteiger partial charge < -0.3 is 8.98 Å². The van der Waals surface area contributed by atoms with E-state index < -0.39 is 0 Å². The molecule has 8 aromatic carbocycles. The van der Waals surface area contributed by atoms with Crippen molar-refractivity contribution in [2.75, 3.05) is 0 Å². The highest BCUT2D eigenvalue weighted by Crippen LogP contribution is 2.44. The van der Waals surface area contributed by atoms with Gasteiger partial charge in [0.1, 0.15) is 11.2 Å². The van der Waals surface area contributed by atoms with Crippen molar-refractivity contribution in [1.29, 1.82) is 0 Å². The summed E-state index contributed by atoms with van der Waals surface area (Å²) in [7, 11) is 0. The minimum atomic E-state index is 0.558. The van der Waals surface area contributed by atoms with Crippen LogP contribution in [0.2, 0.25) is 0 Å². The van der Waals surface area contributed by atoms with Gasteiger partial charge in [0.25, 0.3) is 0 Å². The van der Waals surface area contributed by atoms with Crippen molar-refractivity contribution in [2.45, 2.75) is 12.8 Å². The van der Waals surface area contributed by atoms with Crippen molar-refractivity contribution in [3.63, 3.8) is 0 Å². The van der Waals surface area contributed by atoms with Crippen LogP contribution in [-0.4, -0.2) is 24.1 Å². The number of furan rings is 1. The number of rotatable bonds is 5. The number of thiophene rings is 1. The first-order chi connectivity index (χ1) is 31.7. The maximum Gasteiger partial charge on any atom is 0.238 e. The Hall–Kier alpha value is -8.13. The van der Waals surface area contributed by atoms with Crippen LogP contribution in [0.15, 0.2) is 193 Å². The minimum absolute atomic E-state index is 0.558. The molecule has 64 heavy (non-hydrogen) atoms. The van der Waals surface area contributed by atoms with Gasteiger partial charge in [-0.1, -0.05) is 146 Å². The van der Waals surface area contributed by atoms with Crippen molar-refractivity contribution in [1.82, 2.24) is 24.1 Å². The zero-order valence-electron chi connectivity index (χ0n) is 34.4. The quantitative estimate of drug-likeness (QED) is 0.173. The number of fused-ring (bicyclic) bond motifs is 13. The van der Waals surface area contributed by atoms with Gasteiger partial charge in [-0.15, -0.1) is 11.3 Å². The lowest BCUT2D eigenvalue weighted by atomic mass is 9.96. The molecular formula is C57H35N5OS. The number of para-hydroxylation sites is 3. The van der Waals surface area contributed by atoms with Crippen LogP contribution >= 0.6 is 11.3 Å². The van der Waals surface area contributed by atoms with Crippen LogP contribution in [0.5, 0.6) is 0 Å². The normalized spacial score (nSPS) is 13.2. The molecule has 1 aliphatic rings. The second kappa shape index (κ2) is 13.7. The van der Waals surface area contributed by atoms with E-state index in [1.54, 1.807) is 11.3 Å². The van der Waals surface area contributed by atoms with E-state index >= 15 is 0 Å². The number of hydrogen-bond acceptors (Lipinski definition) is 5. The largest absolute Gasteiger partial charge is 0.455 e. The molecule has 1 aliphatic carbocycles. The molecule has 0 unspecified atom stereocenters. The summed E-state index contributed by atoms with van der Waals surface area (Å²) in [6, 6.07) is 60.4. The van der Waals surface area contributed by atoms with Crippen molar-refractivity contribution in [2.24, 2.45) is 0 Å². The van der Waals surface area contributed by atoms with E-state index in [2.05, 4.69) is 179 Å². The van der Waals surface area contributed by atoms with Gasteiger partial charge in [0.05, 0.1) is 27.8 Å². The van der Waals surface area contributed by atoms with E-state index in [-0.39, 0.29) is 0 Å². The van der Waals surface area contributed by atoms with E-state index in [0.717, 1.165) is 106 Å². The molecule has 0 fully saturated rings. The first-order valence-electron chi connectivity index (χ1n) is 21.7. The third-order valence-corrected chi connectivity index (χ3v) is 14.2. The van der Waals surface area contributed by atoms with Crippen LogP contribution in [0, 0.1) is 0 Å². The number of allylic oxidation sites excluding steroid dienone is 4. The lowest BCUT2D eigenvalue weighted by Gasteiger charge is -2.13. The van der Waals surface area contributed by atoms with Gasteiger partial charge in [0.2, 0.25) is 5.95 Å². The molecule has 0 amide bonds. The Bertz CT molecular complexity index is 4150. The summed E-state index contributed by atoms with van der Waals surface area (Å²) < 4.78 is 14.0. The topological polar surface area (TPSA) is 61.7 Å². The molecule has 300 valence electrons. The Kier molecular flexibility index (Phi) is 7.58. The maximum absolute atomic E-state index is 6.88. The van der Waals surface area contributed by atoms with Crippen LogP contribution in [0.25, 0.3) is 126 Å². The molecule has 6 nitrogen and oxygen atoms in total. The monoisotopic (exact) mass is 837 g/mol. The summed E-state index contributed by atoms with van der Waals surface area (Å²) in [5.74, 6) is 1.81. The Morgan fingerprint density at radius 2 is 1.16 bits per heavy atom. The van der Waals surface area contributed by atoms with Gasteiger partial charge >= 0.3 is 0 Å². The summed E-state index contributed by atoms with van der Waals surface area (Å²) in [6.07, 6.45) is 8.65. The molecule has 0 N–H and O–H groups in total. The van der Waals surface area contributed by atoms with Gasteiger partial charge in [-0.05, 0) is 54.8 Å². The van der Waals surface area contributed by atoms with Gasteiger partial charge in [-0.2, -0.15) is 9.97 Å². The lowest BCUT2D eigenvalue weighted by molar-refractivity contribution is 0.667. The molecule has 0 spiro atoms.